The summed E-state index contributed by atoms with van der Waals surface area (Å²) in [6.07, 6.45) is 2.37. The van der Waals surface area contributed by atoms with Gasteiger partial charge in [-0.05, 0) is 36.4 Å². The van der Waals surface area contributed by atoms with Gasteiger partial charge in [0.25, 0.3) is 0 Å². The van der Waals surface area contributed by atoms with E-state index in [0.717, 1.165) is 18.8 Å². The van der Waals surface area contributed by atoms with Crippen LogP contribution in [0.1, 0.15) is 24.4 Å². The van der Waals surface area contributed by atoms with Crippen LogP contribution in [0.4, 0.5) is 11.4 Å². The van der Waals surface area contributed by atoms with Gasteiger partial charge < -0.3 is 20.4 Å². The summed E-state index contributed by atoms with van der Waals surface area (Å²) in [5, 5.41) is 5.99. The second-order valence-corrected chi connectivity index (χ2v) is 8.01. The number of quaternary nitrogens is 1. The summed E-state index contributed by atoms with van der Waals surface area (Å²) in [6, 6.07) is 15.2. The minimum absolute atomic E-state index is 0.126. The first-order valence-electron chi connectivity index (χ1n) is 9.90. The molecule has 1 aliphatic heterocycles. The smallest absolute Gasteiger partial charge is 0.313 e. The lowest BCUT2D eigenvalue weighted by Crippen LogP contribution is -3.11. The van der Waals surface area contributed by atoms with Crippen LogP contribution in [0.2, 0.25) is 5.02 Å². The maximum atomic E-state index is 12.3. The van der Waals surface area contributed by atoms with Crippen molar-refractivity contribution in [1.29, 1.82) is 0 Å². The molecule has 2 aromatic rings. The first kappa shape index (κ1) is 21.1. The van der Waals surface area contributed by atoms with E-state index in [1.165, 1.54) is 23.3 Å². The molecule has 0 aromatic heterocycles. The lowest BCUT2D eigenvalue weighted by Gasteiger charge is -2.25. The molecule has 1 saturated heterocycles. The number of carbonyl (C=O) groups excluding carboxylic acids is 2. The van der Waals surface area contributed by atoms with E-state index >= 15 is 0 Å². The number of carbonyl (C=O) groups is 2. The molecular formula is C22H28ClN4O2+. The average molecular weight is 416 g/mol. The highest BCUT2D eigenvalue weighted by Gasteiger charge is 2.28. The van der Waals surface area contributed by atoms with Crippen LogP contribution in [0, 0.1) is 0 Å². The molecule has 3 N–H and O–H groups in total. The van der Waals surface area contributed by atoms with E-state index < -0.39 is 11.8 Å². The maximum Gasteiger partial charge on any atom is 0.313 e. The number of nitrogens with zero attached hydrogens (tertiary/aromatic N) is 1. The Balaban J connectivity index is 1.63. The van der Waals surface area contributed by atoms with Crippen LogP contribution < -0.4 is 20.4 Å². The number of rotatable bonds is 6. The molecule has 2 amide bonds. The SMILES string of the molecule is CN(C)c1ccc([C@@H](CNC(=O)C(=O)Nc2ccc(Cl)cc2)[NH+]2CCCC2)cc1. The molecule has 29 heavy (non-hydrogen) atoms. The summed E-state index contributed by atoms with van der Waals surface area (Å²) in [5.74, 6) is -1.31. The van der Waals surface area contributed by atoms with Crippen LogP contribution in [0.5, 0.6) is 0 Å². The quantitative estimate of drug-likeness (QED) is 0.631. The number of amides is 2. The predicted octanol–water partition coefficient (Wildman–Crippen LogP) is 1.88. The van der Waals surface area contributed by atoms with Crippen molar-refractivity contribution in [3.63, 3.8) is 0 Å². The zero-order chi connectivity index (χ0) is 20.8. The summed E-state index contributed by atoms with van der Waals surface area (Å²) in [4.78, 5) is 28.1. The van der Waals surface area contributed by atoms with Gasteiger partial charge >= 0.3 is 11.8 Å². The summed E-state index contributed by atoms with van der Waals surface area (Å²) in [7, 11) is 4.02. The topological polar surface area (TPSA) is 65.9 Å². The van der Waals surface area contributed by atoms with E-state index in [0.29, 0.717) is 17.3 Å². The molecule has 1 fully saturated rings. The first-order chi connectivity index (χ1) is 13.9. The molecule has 154 valence electrons. The van der Waals surface area contributed by atoms with E-state index in [1.807, 2.05) is 14.1 Å². The number of hydrogen-bond donors (Lipinski definition) is 3. The number of likely N-dealkylation sites (tertiary alicyclic amines) is 1. The Morgan fingerprint density at radius 3 is 2.21 bits per heavy atom. The van der Waals surface area contributed by atoms with Crippen LogP contribution >= 0.6 is 11.6 Å². The number of halogens is 1. The van der Waals surface area contributed by atoms with Gasteiger partial charge in [-0.3, -0.25) is 9.59 Å². The van der Waals surface area contributed by atoms with Crippen molar-refractivity contribution in [2.75, 3.05) is 43.9 Å². The summed E-state index contributed by atoms with van der Waals surface area (Å²) in [5.41, 5.74) is 2.84. The molecule has 0 radical (unpaired) electrons. The third kappa shape index (κ3) is 5.71. The third-order valence-corrected chi connectivity index (χ3v) is 5.58. The fraction of sp³-hybridized carbons (Fsp3) is 0.364. The highest BCUT2D eigenvalue weighted by Crippen LogP contribution is 2.17. The van der Waals surface area contributed by atoms with Gasteiger partial charge in [0, 0.05) is 48.9 Å². The number of benzene rings is 2. The highest BCUT2D eigenvalue weighted by atomic mass is 35.5. The Hall–Kier alpha value is -2.57. The molecule has 0 unspecified atom stereocenters. The van der Waals surface area contributed by atoms with Crippen molar-refractivity contribution in [2.45, 2.75) is 18.9 Å². The van der Waals surface area contributed by atoms with Gasteiger partial charge in [-0.2, -0.15) is 0 Å². The van der Waals surface area contributed by atoms with Crippen LogP contribution in [0.15, 0.2) is 48.5 Å². The Bertz CT molecular complexity index is 831. The lowest BCUT2D eigenvalue weighted by atomic mass is 10.0. The maximum absolute atomic E-state index is 12.3. The zero-order valence-corrected chi connectivity index (χ0v) is 17.6. The lowest BCUT2D eigenvalue weighted by molar-refractivity contribution is -0.918. The molecule has 1 heterocycles. The van der Waals surface area contributed by atoms with Gasteiger partial charge in [-0.25, -0.2) is 0 Å². The van der Waals surface area contributed by atoms with Crippen molar-refractivity contribution in [2.24, 2.45) is 0 Å². The second kappa shape index (κ2) is 9.76. The van der Waals surface area contributed by atoms with Gasteiger partial charge in [0.1, 0.15) is 6.04 Å². The fourth-order valence-corrected chi connectivity index (χ4v) is 3.80. The highest BCUT2D eigenvalue weighted by molar-refractivity contribution is 6.39. The monoisotopic (exact) mass is 415 g/mol. The van der Waals surface area contributed by atoms with Gasteiger partial charge in [0.15, 0.2) is 0 Å². The van der Waals surface area contributed by atoms with Gasteiger partial charge in [0.2, 0.25) is 0 Å². The minimum atomic E-state index is -0.676. The predicted molar refractivity (Wildman–Crippen MR) is 117 cm³/mol. The van der Waals surface area contributed by atoms with Gasteiger partial charge in [-0.15, -0.1) is 0 Å². The molecular weight excluding hydrogens is 388 g/mol. The summed E-state index contributed by atoms with van der Waals surface area (Å²) < 4.78 is 0. The summed E-state index contributed by atoms with van der Waals surface area (Å²) in [6.45, 7) is 2.57. The molecule has 7 heteroatoms. The van der Waals surface area contributed by atoms with Crippen LogP contribution in [0.25, 0.3) is 0 Å². The molecule has 0 saturated carbocycles. The largest absolute Gasteiger partial charge is 0.378 e. The number of anilines is 2. The molecule has 1 aliphatic rings. The minimum Gasteiger partial charge on any atom is -0.378 e. The van der Waals surface area contributed by atoms with Crippen LogP contribution in [0.3, 0.4) is 0 Å². The molecule has 0 aliphatic carbocycles. The molecule has 1 atom stereocenters. The summed E-state index contributed by atoms with van der Waals surface area (Å²) >= 11 is 5.85. The van der Waals surface area contributed by atoms with E-state index in [1.54, 1.807) is 24.3 Å². The van der Waals surface area contributed by atoms with E-state index in [4.69, 9.17) is 11.6 Å². The molecule has 0 spiro atoms. The van der Waals surface area contributed by atoms with E-state index in [-0.39, 0.29) is 6.04 Å². The Labute approximate surface area is 176 Å². The van der Waals surface area contributed by atoms with Crippen LogP contribution in [-0.4, -0.2) is 45.5 Å². The molecule has 6 nitrogen and oxygen atoms in total. The van der Waals surface area contributed by atoms with E-state index in [2.05, 4.69) is 39.8 Å². The Kier molecular flexibility index (Phi) is 7.12. The Morgan fingerprint density at radius 2 is 1.62 bits per heavy atom. The van der Waals surface area contributed by atoms with Crippen molar-refractivity contribution >= 4 is 34.8 Å². The van der Waals surface area contributed by atoms with Gasteiger partial charge in [0.05, 0.1) is 19.6 Å². The first-order valence-corrected chi connectivity index (χ1v) is 10.3. The standard InChI is InChI=1S/C22H27ClN4O2/c1-26(2)19-11-5-16(6-12-19)20(27-13-3-4-14-27)15-24-21(28)22(29)25-18-9-7-17(23)8-10-18/h5-12,20H,3-4,13-15H2,1-2H3,(H,24,28)(H,25,29)/p+1/t20-/m1/s1. The Morgan fingerprint density at radius 1 is 1.00 bits per heavy atom. The zero-order valence-electron chi connectivity index (χ0n) is 16.9. The van der Waals surface area contributed by atoms with Crippen molar-refractivity contribution < 1.29 is 14.5 Å². The molecule has 2 aromatic carbocycles. The number of hydrogen-bond acceptors (Lipinski definition) is 3. The molecule has 0 bridgehead atoms. The van der Waals surface area contributed by atoms with E-state index in [9.17, 15) is 9.59 Å². The van der Waals surface area contributed by atoms with Crippen LogP contribution in [-0.2, 0) is 9.59 Å². The van der Waals surface area contributed by atoms with Crippen molar-refractivity contribution in [3.8, 4) is 0 Å². The third-order valence-electron chi connectivity index (χ3n) is 5.33. The normalized spacial score (nSPS) is 15.0. The van der Waals surface area contributed by atoms with Gasteiger partial charge in [-0.1, -0.05) is 23.7 Å². The average Bonchev–Trinajstić information content (AvgIpc) is 3.24. The van der Waals surface area contributed by atoms with Crippen molar-refractivity contribution in [1.82, 2.24) is 5.32 Å². The fourth-order valence-electron chi connectivity index (χ4n) is 3.68. The number of nitrogens with one attached hydrogen (secondary N) is 3. The molecule has 3 rings (SSSR count). The van der Waals surface area contributed by atoms with Crippen molar-refractivity contribution in [3.05, 3.63) is 59.1 Å². The second-order valence-electron chi connectivity index (χ2n) is 7.57.